The highest BCUT2D eigenvalue weighted by Gasteiger charge is 2.57. The summed E-state index contributed by atoms with van der Waals surface area (Å²) in [6.45, 7) is -0.531. The summed E-state index contributed by atoms with van der Waals surface area (Å²) in [5.41, 5.74) is -0.493. The smallest absolute Gasteiger partial charge is 0.314 e. The molecule has 4 bridgehead atoms. The monoisotopic (exact) mass is 342 g/mol. The van der Waals surface area contributed by atoms with Gasteiger partial charge in [-0.2, -0.15) is 0 Å². The van der Waals surface area contributed by atoms with Crippen molar-refractivity contribution >= 4 is 5.97 Å². The molecular weight excluding hydrogens is 316 g/mol. The zero-order valence-corrected chi connectivity index (χ0v) is 13.6. The van der Waals surface area contributed by atoms with Gasteiger partial charge in [0.25, 0.3) is 0 Å². The van der Waals surface area contributed by atoms with Crippen LogP contribution in [0, 0.1) is 23.2 Å². The summed E-state index contributed by atoms with van der Waals surface area (Å²) >= 11 is 0. The molecule has 1 heterocycles. The minimum absolute atomic E-state index is 0.370. The van der Waals surface area contributed by atoms with Gasteiger partial charge in [-0.25, -0.2) is 0 Å². The third kappa shape index (κ3) is 2.57. The summed E-state index contributed by atoms with van der Waals surface area (Å²) in [7, 11) is 0. The van der Waals surface area contributed by atoms with Crippen LogP contribution in [0.25, 0.3) is 0 Å². The SMILES string of the molecule is O=C(O[C@@H]1O[C@H](CO)[C@@H](O)[C@H](O)[C@H]1O)C12CC3CC(CC(C3)C1)C2. The third-order valence-corrected chi connectivity index (χ3v) is 6.54. The Kier molecular flexibility index (Phi) is 4.12. The first-order valence-electron chi connectivity index (χ1n) is 8.93. The Labute approximate surface area is 140 Å². The molecule has 0 aromatic carbocycles. The maximum Gasteiger partial charge on any atom is 0.314 e. The Morgan fingerprint density at radius 2 is 1.50 bits per heavy atom. The minimum Gasteiger partial charge on any atom is -0.432 e. The van der Waals surface area contributed by atoms with Gasteiger partial charge in [-0.05, 0) is 56.3 Å². The largest absolute Gasteiger partial charge is 0.432 e. The predicted molar refractivity (Wildman–Crippen MR) is 80.5 cm³/mol. The van der Waals surface area contributed by atoms with Crippen LogP contribution >= 0.6 is 0 Å². The van der Waals surface area contributed by atoms with Crippen LogP contribution in [-0.2, 0) is 14.3 Å². The van der Waals surface area contributed by atoms with E-state index in [-0.39, 0.29) is 5.97 Å². The maximum absolute atomic E-state index is 12.9. The Bertz CT molecular complexity index is 470. The Morgan fingerprint density at radius 1 is 0.958 bits per heavy atom. The van der Waals surface area contributed by atoms with Crippen LogP contribution in [0.1, 0.15) is 38.5 Å². The Hall–Kier alpha value is -0.730. The van der Waals surface area contributed by atoms with Crippen molar-refractivity contribution in [3.63, 3.8) is 0 Å². The van der Waals surface area contributed by atoms with Gasteiger partial charge in [0.2, 0.25) is 6.29 Å². The molecule has 5 fully saturated rings. The first-order chi connectivity index (χ1) is 11.4. The number of hydrogen-bond acceptors (Lipinski definition) is 7. The van der Waals surface area contributed by atoms with E-state index in [0.29, 0.717) is 17.8 Å². The van der Waals surface area contributed by atoms with Crippen molar-refractivity contribution in [2.75, 3.05) is 6.61 Å². The van der Waals surface area contributed by atoms with Gasteiger partial charge in [0, 0.05) is 0 Å². The average Bonchev–Trinajstić information content (AvgIpc) is 2.54. The average molecular weight is 342 g/mol. The van der Waals surface area contributed by atoms with Gasteiger partial charge in [-0.1, -0.05) is 0 Å². The molecule has 0 aromatic heterocycles. The van der Waals surface area contributed by atoms with Crippen molar-refractivity contribution in [2.45, 2.75) is 69.2 Å². The zero-order valence-electron chi connectivity index (χ0n) is 13.6. The molecule has 4 N–H and O–H groups in total. The molecule has 0 radical (unpaired) electrons. The summed E-state index contributed by atoms with van der Waals surface area (Å²) in [6.07, 6.45) is -0.824. The lowest BCUT2D eigenvalue weighted by molar-refractivity contribution is -0.297. The van der Waals surface area contributed by atoms with E-state index < -0.39 is 42.7 Å². The predicted octanol–water partition coefficient (Wildman–Crippen LogP) is -0.454. The van der Waals surface area contributed by atoms with E-state index in [1.54, 1.807) is 0 Å². The van der Waals surface area contributed by atoms with Crippen LogP contribution < -0.4 is 0 Å². The van der Waals surface area contributed by atoms with Crippen LogP contribution in [0.4, 0.5) is 0 Å². The van der Waals surface area contributed by atoms with E-state index in [1.165, 1.54) is 19.3 Å². The Morgan fingerprint density at radius 3 is 2.00 bits per heavy atom. The van der Waals surface area contributed by atoms with Crippen LogP contribution in [0.2, 0.25) is 0 Å². The topological polar surface area (TPSA) is 116 Å². The quantitative estimate of drug-likeness (QED) is 0.513. The summed E-state index contributed by atoms with van der Waals surface area (Å²) in [5, 5.41) is 38.9. The molecule has 5 rings (SSSR count). The second-order valence-electron chi connectivity index (χ2n) is 8.30. The second-order valence-corrected chi connectivity index (χ2v) is 8.30. The van der Waals surface area contributed by atoms with Crippen molar-refractivity contribution in [1.82, 2.24) is 0 Å². The number of aliphatic hydroxyl groups is 4. The summed E-state index contributed by atoms with van der Waals surface area (Å²) in [4.78, 5) is 12.9. The van der Waals surface area contributed by atoms with Crippen molar-refractivity contribution in [3.05, 3.63) is 0 Å². The maximum atomic E-state index is 12.9. The van der Waals surface area contributed by atoms with E-state index in [9.17, 15) is 25.2 Å². The van der Waals surface area contributed by atoms with Crippen LogP contribution in [0.5, 0.6) is 0 Å². The molecule has 4 aliphatic carbocycles. The van der Waals surface area contributed by atoms with E-state index in [4.69, 9.17) is 9.47 Å². The molecule has 1 saturated heterocycles. The highest BCUT2D eigenvalue weighted by molar-refractivity contribution is 5.77. The molecule has 0 aromatic rings. The third-order valence-electron chi connectivity index (χ3n) is 6.54. The molecule has 136 valence electrons. The van der Waals surface area contributed by atoms with Gasteiger partial charge in [-0.15, -0.1) is 0 Å². The van der Waals surface area contributed by atoms with E-state index >= 15 is 0 Å². The lowest BCUT2D eigenvalue weighted by Crippen LogP contribution is -2.60. The standard InChI is InChI=1S/C17H26O7/c18-7-11-12(19)13(20)14(21)15(23-11)24-16(22)17-4-8-1-9(5-17)3-10(2-8)6-17/h8-15,18-21H,1-7H2/t8?,9?,10?,11-,12-,13+,14-,15+,17?/m1/s1. The lowest BCUT2D eigenvalue weighted by Gasteiger charge is -2.55. The van der Waals surface area contributed by atoms with Crippen molar-refractivity contribution in [3.8, 4) is 0 Å². The fraction of sp³-hybridized carbons (Fsp3) is 0.941. The van der Waals surface area contributed by atoms with Crippen molar-refractivity contribution < 1.29 is 34.7 Å². The van der Waals surface area contributed by atoms with Gasteiger partial charge in [-0.3, -0.25) is 4.79 Å². The van der Waals surface area contributed by atoms with Crippen LogP contribution in [-0.4, -0.2) is 63.7 Å². The number of aliphatic hydroxyl groups excluding tert-OH is 4. The molecule has 0 unspecified atom stereocenters. The number of esters is 1. The highest BCUT2D eigenvalue weighted by atomic mass is 16.7. The number of ether oxygens (including phenoxy) is 2. The van der Waals surface area contributed by atoms with Gasteiger partial charge in [0.05, 0.1) is 12.0 Å². The fourth-order valence-electron chi connectivity index (χ4n) is 5.76. The molecule has 0 amide bonds. The molecule has 5 aliphatic rings. The summed E-state index contributed by atoms with van der Waals surface area (Å²) < 4.78 is 10.8. The number of rotatable bonds is 3. The molecule has 1 aliphatic heterocycles. The number of carbonyl (C=O) groups excluding carboxylic acids is 1. The second kappa shape index (κ2) is 5.92. The zero-order chi connectivity index (χ0) is 17.1. The summed E-state index contributed by atoms with van der Waals surface area (Å²) in [5.74, 6) is 1.38. The van der Waals surface area contributed by atoms with Gasteiger partial charge < -0.3 is 29.9 Å². The molecule has 5 atom stereocenters. The first kappa shape index (κ1) is 16.7. The normalized spacial score (nSPS) is 53.2. The highest BCUT2D eigenvalue weighted by Crippen LogP contribution is 2.60. The number of carbonyl (C=O) groups is 1. The first-order valence-corrected chi connectivity index (χ1v) is 8.93. The van der Waals surface area contributed by atoms with Crippen molar-refractivity contribution in [1.29, 1.82) is 0 Å². The number of hydrogen-bond donors (Lipinski definition) is 4. The van der Waals surface area contributed by atoms with E-state index in [2.05, 4.69) is 0 Å². The van der Waals surface area contributed by atoms with Gasteiger partial charge in [0.1, 0.15) is 24.4 Å². The molecule has 7 nitrogen and oxygen atoms in total. The van der Waals surface area contributed by atoms with Gasteiger partial charge >= 0.3 is 5.97 Å². The van der Waals surface area contributed by atoms with Gasteiger partial charge in [0.15, 0.2) is 0 Å². The van der Waals surface area contributed by atoms with E-state index in [1.807, 2.05) is 0 Å². The molecule has 24 heavy (non-hydrogen) atoms. The van der Waals surface area contributed by atoms with Crippen LogP contribution in [0.15, 0.2) is 0 Å². The Balaban J connectivity index is 1.48. The summed E-state index contributed by atoms with van der Waals surface area (Å²) in [6, 6.07) is 0. The minimum atomic E-state index is -1.53. The molecule has 7 heteroatoms. The molecular formula is C17H26O7. The fourth-order valence-corrected chi connectivity index (χ4v) is 5.76. The van der Waals surface area contributed by atoms with Crippen molar-refractivity contribution in [2.24, 2.45) is 23.2 Å². The lowest BCUT2D eigenvalue weighted by atomic mass is 9.49. The molecule has 0 spiro atoms. The van der Waals surface area contributed by atoms with E-state index in [0.717, 1.165) is 19.3 Å². The molecule has 4 saturated carbocycles. The van der Waals surface area contributed by atoms with Crippen LogP contribution in [0.3, 0.4) is 0 Å².